The summed E-state index contributed by atoms with van der Waals surface area (Å²) in [5.41, 5.74) is 1.41. The van der Waals surface area contributed by atoms with Crippen LogP contribution in [0, 0.1) is 5.92 Å². The molecule has 132 valence electrons. The Hall–Kier alpha value is -1.13. The number of hydrogen-bond acceptors (Lipinski definition) is 2. The van der Waals surface area contributed by atoms with Gasteiger partial charge in [-0.25, -0.2) is 0 Å². The number of benzene rings is 1. The van der Waals surface area contributed by atoms with E-state index < -0.39 is 0 Å². The largest absolute Gasteiger partial charge is 0.360 e. The smallest absolute Gasteiger partial charge is 0.166 e. The van der Waals surface area contributed by atoms with Gasteiger partial charge >= 0.3 is 0 Å². The lowest BCUT2D eigenvalue weighted by Crippen LogP contribution is -2.51. The number of nitrogens with one attached hydrogen (secondary N) is 2. The molecule has 1 aromatic carbocycles. The highest BCUT2D eigenvalue weighted by Gasteiger charge is 2.24. The summed E-state index contributed by atoms with van der Waals surface area (Å²) < 4.78 is 0. The van der Waals surface area contributed by atoms with E-state index in [-0.39, 0.29) is 0 Å². The highest BCUT2D eigenvalue weighted by molar-refractivity contribution is 7.80. The lowest BCUT2D eigenvalue weighted by Gasteiger charge is -2.35. The van der Waals surface area contributed by atoms with Crippen molar-refractivity contribution in [3.8, 4) is 0 Å². The van der Waals surface area contributed by atoms with Crippen molar-refractivity contribution in [1.82, 2.24) is 15.5 Å². The summed E-state index contributed by atoms with van der Waals surface area (Å²) in [4.78, 5) is 2.55. The van der Waals surface area contributed by atoms with E-state index in [1.165, 1.54) is 44.1 Å². The first-order valence-electron chi connectivity index (χ1n) is 9.54. The number of rotatable bonds is 4. The van der Waals surface area contributed by atoms with Gasteiger partial charge in [0, 0.05) is 31.7 Å². The minimum atomic E-state index is 0.524. The van der Waals surface area contributed by atoms with Gasteiger partial charge in [-0.15, -0.1) is 0 Å². The van der Waals surface area contributed by atoms with Gasteiger partial charge in [-0.3, -0.25) is 4.90 Å². The summed E-state index contributed by atoms with van der Waals surface area (Å²) in [6, 6.07) is 11.9. The Morgan fingerprint density at radius 1 is 1.04 bits per heavy atom. The van der Waals surface area contributed by atoms with Gasteiger partial charge in [-0.1, -0.05) is 50.1 Å². The molecule has 1 aromatic rings. The molecule has 1 aliphatic carbocycles. The zero-order valence-corrected chi connectivity index (χ0v) is 15.7. The highest BCUT2D eigenvalue weighted by atomic mass is 32.1. The zero-order chi connectivity index (χ0) is 16.8. The van der Waals surface area contributed by atoms with E-state index >= 15 is 0 Å². The zero-order valence-electron chi connectivity index (χ0n) is 14.8. The molecule has 4 heteroatoms. The average molecular weight is 346 g/mol. The molecule has 1 heterocycles. The maximum atomic E-state index is 5.57. The average Bonchev–Trinajstić information content (AvgIpc) is 2.60. The van der Waals surface area contributed by atoms with E-state index in [0.29, 0.717) is 12.1 Å². The molecular formula is C20H31N3S. The normalized spacial score (nSPS) is 26.0. The Bertz CT molecular complexity index is 511. The first-order chi connectivity index (χ1) is 11.7. The fourth-order valence-electron chi connectivity index (χ4n) is 4.00. The SMILES string of the molecule is C[C@H]1CCCC[C@@H]1NC(=S)NC1CCN(Cc2ccccc2)CC1. The van der Waals surface area contributed by atoms with Crippen molar-refractivity contribution in [3.63, 3.8) is 0 Å². The van der Waals surface area contributed by atoms with Crippen LogP contribution in [0.1, 0.15) is 51.0 Å². The van der Waals surface area contributed by atoms with E-state index in [9.17, 15) is 0 Å². The second-order valence-electron chi connectivity index (χ2n) is 7.52. The van der Waals surface area contributed by atoms with Crippen LogP contribution in [0.3, 0.4) is 0 Å². The van der Waals surface area contributed by atoms with E-state index in [2.05, 4.69) is 52.8 Å². The maximum Gasteiger partial charge on any atom is 0.166 e. The quantitative estimate of drug-likeness (QED) is 0.814. The molecule has 2 fully saturated rings. The van der Waals surface area contributed by atoms with Gasteiger partial charge in [-0.2, -0.15) is 0 Å². The molecule has 2 atom stereocenters. The van der Waals surface area contributed by atoms with Gasteiger partial charge in [-0.05, 0) is 49.4 Å². The molecule has 0 aromatic heterocycles. The predicted molar refractivity (Wildman–Crippen MR) is 105 cm³/mol. The van der Waals surface area contributed by atoms with Gasteiger partial charge in [0.2, 0.25) is 0 Å². The first-order valence-corrected chi connectivity index (χ1v) is 9.95. The summed E-state index contributed by atoms with van der Waals surface area (Å²) >= 11 is 5.57. The van der Waals surface area contributed by atoms with E-state index in [1.54, 1.807) is 0 Å². The van der Waals surface area contributed by atoms with E-state index in [0.717, 1.165) is 30.7 Å². The first kappa shape index (κ1) is 17.7. The van der Waals surface area contributed by atoms with Gasteiger partial charge in [0.15, 0.2) is 5.11 Å². The van der Waals surface area contributed by atoms with Crippen molar-refractivity contribution in [2.45, 2.75) is 64.1 Å². The molecule has 0 bridgehead atoms. The predicted octanol–water partition coefficient (Wildman–Crippen LogP) is 3.69. The lowest BCUT2D eigenvalue weighted by molar-refractivity contribution is 0.198. The number of piperidine rings is 1. The Morgan fingerprint density at radius 3 is 2.46 bits per heavy atom. The summed E-state index contributed by atoms with van der Waals surface area (Å²) in [6.45, 7) is 5.71. The van der Waals surface area contributed by atoms with Gasteiger partial charge in [0.25, 0.3) is 0 Å². The fraction of sp³-hybridized carbons (Fsp3) is 0.650. The minimum Gasteiger partial charge on any atom is -0.360 e. The van der Waals surface area contributed by atoms with Crippen molar-refractivity contribution in [3.05, 3.63) is 35.9 Å². The molecule has 0 amide bonds. The standard InChI is InChI=1S/C20H31N3S/c1-16-7-5-6-10-19(16)22-20(24)21-18-11-13-23(14-12-18)15-17-8-3-2-4-9-17/h2-4,8-9,16,18-19H,5-7,10-15H2,1H3,(H2,21,22,24)/t16-,19-/m0/s1. The summed E-state index contributed by atoms with van der Waals surface area (Å²) in [6.07, 6.45) is 7.66. The van der Waals surface area contributed by atoms with Crippen molar-refractivity contribution >= 4 is 17.3 Å². The van der Waals surface area contributed by atoms with Crippen LogP contribution in [-0.4, -0.2) is 35.2 Å². The molecule has 24 heavy (non-hydrogen) atoms. The van der Waals surface area contributed by atoms with E-state index in [1.807, 2.05) is 0 Å². The van der Waals surface area contributed by atoms with Crippen LogP contribution in [0.2, 0.25) is 0 Å². The van der Waals surface area contributed by atoms with Crippen LogP contribution in [0.5, 0.6) is 0 Å². The number of likely N-dealkylation sites (tertiary alicyclic amines) is 1. The van der Waals surface area contributed by atoms with Crippen molar-refractivity contribution in [2.75, 3.05) is 13.1 Å². The third-order valence-electron chi connectivity index (χ3n) is 5.60. The molecule has 1 saturated heterocycles. The molecule has 1 saturated carbocycles. The highest BCUT2D eigenvalue weighted by Crippen LogP contribution is 2.23. The van der Waals surface area contributed by atoms with Gasteiger partial charge in [0.05, 0.1) is 0 Å². The van der Waals surface area contributed by atoms with Crippen molar-refractivity contribution in [1.29, 1.82) is 0 Å². The second kappa shape index (κ2) is 8.82. The van der Waals surface area contributed by atoms with Crippen LogP contribution < -0.4 is 10.6 Å². The molecular weight excluding hydrogens is 314 g/mol. The van der Waals surface area contributed by atoms with Gasteiger partial charge in [0.1, 0.15) is 0 Å². The molecule has 0 radical (unpaired) electrons. The minimum absolute atomic E-state index is 0.524. The molecule has 3 rings (SSSR count). The summed E-state index contributed by atoms with van der Waals surface area (Å²) in [7, 11) is 0. The summed E-state index contributed by atoms with van der Waals surface area (Å²) in [5, 5.41) is 8.01. The fourth-order valence-corrected chi connectivity index (χ4v) is 4.32. The molecule has 2 N–H and O–H groups in total. The van der Waals surface area contributed by atoms with E-state index in [4.69, 9.17) is 12.2 Å². The summed E-state index contributed by atoms with van der Waals surface area (Å²) in [5.74, 6) is 0.742. The van der Waals surface area contributed by atoms with Crippen LogP contribution in [0.15, 0.2) is 30.3 Å². The molecule has 2 aliphatic rings. The Kier molecular flexibility index (Phi) is 6.50. The molecule has 0 spiro atoms. The second-order valence-corrected chi connectivity index (χ2v) is 7.93. The third kappa shape index (κ3) is 5.18. The molecule has 1 aliphatic heterocycles. The van der Waals surface area contributed by atoms with Crippen LogP contribution in [0.25, 0.3) is 0 Å². The lowest BCUT2D eigenvalue weighted by atomic mass is 9.86. The number of thiocarbonyl (C=S) groups is 1. The Morgan fingerprint density at radius 2 is 1.75 bits per heavy atom. The maximum absolute atomic E-state index is 5.57. The third-order valence-corrected chi connectivity index (χ3v) is 5.84. The number of hydrogen-bond donors (Lipinski definition) is 2. The Balaban J connectivity index is 1.38. The Labute approximate surface area is 152 Å². The van der Waals surface area contributed by atoms with Crippen LogP contribution in [0.4, 0.5) is 0 Å². The van der Waals surface area contributed by atoms with Crippen molar-refractivity contribution < 1.29 is 0 Å². The van der Waals surface area contributed by atoms with Gasteiger partial charge < -0.3 is 10.6 Å². The molecule has 0 unspecified atom stereocenters. The van der Waals surface area contributed by atoms with Crippen LogP contribution >= 0.6 is 12.2 Å². The van der Waals surface area contributed by atoms with Crippen LogP contribution in [-0.2, 0) is 6.54 Å². The number of nitrogens with zero attached hydrogens (tertiary/aromatic N) is 1. The topological polar surface area (TPSA) is 27.3 Å². The monoisotopic (exact) mass is 345 g/mol. The van der Waals surface area contributed by atoms with Crippen molar-refractivity contribution in [2.24, 2.45) is 5.92 Å². The molecule has 3 nitrogen and oxygen atoms in total.